The first-order chi connectivity index (χ1) is 6.91. The third kappa shape index (κ3) is 9.16. The molecule has 2 heteroatoms. The lowest BCUT2D eigenvalue weighted by atomic mass is 10.2. The molecule has 0 saturated heterocycles. The molecule has 0 aromatic rings. The van der Waals surface area contributed by atoms with Gasteiger partial charge in [-0.2, -0.15) is 0 Å². The van der Waals surface area contributed by atoms with Crippen LogP contribution in [0, 0.1) is 0 Å². The van der Waals surface area contributed by atoms with Gasteiger partial charge in [0.1, 0.15) is 0 Å². The highest BCUT2D eigenvalue weighted by Gasteiger charge is 1.94. The zero-order valence-corrected chi connectivity index (χ0v) is 10.4. The van der Waals surface area contributed by atoms with Gasteiger partial charge in [-0.15, -0.1) is 0 Å². The summed E-state index contributed by atoms with van der Waals surface area (Å²) in [5.41, 5.74) is 2.02. The van der Waals surface area contributed by atoms with Crippen LogP contribution in [0.4, 0.5) is 0 Å². The van der Waals surface area contributed by atoms with E-state index in [2.05, 4.69) is 31.6 Å². The van der Waals surface area contributed by atoms with E-state index >= 15 is 0 Å². The number of rotatable bonds is 7. The molecule has 0 amide bonds. The van der Waals surface area contributed by atoms with Crippen LogP contribution in [0.15, 0.2) is 59.5 Å². The predicted octanol–water partition coefficient (Wildman–Crippen LogP) is 4.00. The van der Waals surface area contributed by atoms with Gasteiger partial charge in [-0.1, -0.05) is 55.8 Å². The molecule has 0 aliphatic carbocycles. The maximum absolute atomic E-state index is 3.91. The van der Waals surface area contributed by atoms with E-state index in [-0.39, 0.29) is 0 Å². The van der Waals surface area contributed by atoms with Crippen molar-refractivity contribution in [2.24, 2.45) is 0 Å². The molecule has 0 radical (unpaired) electrons. The van der Waals surface area contributed by atoms with Gasteiger partial charge in [-0.25, -0.2) is 0 Å². The standard InChI is InChI=1S/C13H19NS/c1-10(2)7-8-12(5)9-14-13(6)15-11(3)4/h7-8,14H,1,3,5-6,9H2,2,4H3/b8-7-. The van der Waals surface area contributed by atoms with Gasteiger partial charge >= 0.3 is 0 Å². The minimum Gasteiger partial charge on any atom is -0.376 e. The van der Waals surface area contributed by atoms with Crippen LogP contribution in [0.2, 0.25) is 0 Å². The smallest absolute Gasteiger partial charge is 0.0655 e. The summed E-state index contributed by atoms with van der Waals surface area (Å²) in [5, 5.41) is 4.06. The molecule has 82 valence electrons. The summed E-state index contributed by atoms with van der Waals surface area (Å²) < 4.78 is 0. The molecular weight excluding hydrogens is 202 g/mol. The Bertz CT molecular complexity index is 310. The highest BCUT2D eigenvalue weighted by atomic mass is 32.2. The Labute approximate surface area is 97.3 Å². The Balaban J connectivity index is 3.86. The fourth-order valence-electron chi connectivity index (χ4n) is 0.778. The van der Waals surface area contributed by atoms with Crippen LogP contribution in [-0.4, -0.2) is 6.54 Å². The second-order valence-corrected chi connectivity index (χ2v) is 4.81. The first kappa shape index (κ1) is 13.8. The molecule has 0 fully saturated rings. The van der Waals surface area contributed by atoms with E-state index in [1.165, 1.54) is 11.8 Å². The Hall–Kier alpha value is -1.15. The molecule has 0 aromatic carbocycles. The van der Waals surface area contributed by atoms with Gasteiger partial charge in [-0.3, -0.25) is 0 Å². The SMILES string of the molecule is C=C(C)/C=C\C(=C)CNC(=C)SC(=C)C. The van der Waals surface area contributed by atoms with E-state index in [1.807, 2.05) is 26.0 Å². The summed E-state index contributed by atoms with van der Waals surface area (Å²) in [6.45, 7) is 20.0. The molecule has 0 aromatic heterocycles. The highest BCUT2D eigenvalue weighted by Crippen LogP contribution is 2.18. The normalized spacial score (nSPS) is 10.0. The number of hydrogen-bond donors (Lipinski definition) is 1. The molecule has 0 saturated carbocycles. The van der Waals surface area contributed by atoms with Crippen LogP contribution in [0.1, 0.15) is 13.8 Å². The van der Waals surface area contributed by atoms with E-state index in [4.69, 9.17) is 0 Å². The second kappa shape index (κ2) is 7.18. The van der Waals surface area contributed by atoms with Crippen molar-refractivity contribution in [3.05, 3.63) is 59.5 Å². The van der Waals surface area contributed by atoms with Gasteiger partial charge in [0.15, 0.2) is 0 Å². The molecule has 15 heavy (non-hydrogen) atoms. The van der Waals surface area contributed by atoms with Crippen molar-refractivity contribution < 1.29 is 0 Å². The summed E-state index contributed by atoms with van der Waals surface area (Å²) in [4.78, 5) is 1.02. The summed E-state index contributed by atoms with van der Waals surface area (Å²) in [6.07, 6.45) is 3.90. The van der Waals surface area contributed by atoms with Crippen LogP contribution in [0.5, 0.6) is 0 Å². The van der Waals surface area contributed by atoms with Crippen LogP contribution in [0.25, 0.3) is 0 Å². The van der Waals surface area contributed by atoms with Crippen LogP contribution in [-0.2, 0) is 0 Å². The van der Waals surface area contributed by atoms with E-state index in [1.54, 1.807) is 0 Å². The lowest BCUT2D eigenvalue weighted by Crippen LogP contribution is -2.12. The largest absolute Gasteiger partial charge is 0.376 e. The molecule has 0 rings (SSSR count). The van der Waals surface area contributed by atoms with E-state index < -0.39 is 0 Å². The third-order valence-corrected chi connectivity index (χ3v) is 2.15. The second-order valence-electron chi connectivity index (χ2n) is 3.42. The van der Waals surface area contributed by atoms with Crippen LogP contribution >= 0.6 is 11.8 Å². The first-order valence-electron chi connectivity index (χ1n) is 4.69. The minimum atomic E-state index is 0.697. The minimum absolute atomic E-state index is 0.697. The first-order valence-corrected chi connectivity index (χ1v) is 5.51. The van der Waals surface area contributed by atoms with Gasteiger partial charge in [0.05, 0.1) is 5.03 Å². The third-order valence-electron chi connectivity index (χ3n) is 1.41. The van der Waals surface area contributed by atoms with Crippen molar-refractivity contribution >= 4 is 11.8 Å². The average molecular weight is 221 g/mol. The number of nitrogens with one attached hydrogen (secondary N) is 1. The van der Waals surface area contributed by atoms with Crippen molar-refractivity contribution in [2.75, 3.05) is 6.54 Å². The van der Waals surface area contributed by atoms with Crippen molar-refractivity contribution in [2.45, 2.75) is 13.8 Å². The Kier molecular flexibility index (Phi) is 6.63. The summed E-state index contributed by atoms with van der Waals surface area (Å²) in [7, 11) is 0. The van der Waals surface area contributed by atoms with Crippen LogP contribution in [0.3, 0.4) is 0 Å². The van der Waals surface area contributed by atoms with Crippen molar-refractivity contribution in [1.29, 1.82) is 0 Å². The van der Waals surface area contributed by atoms with Gasteiger partial charge in [0.25, 0.3) is 0 Å². The Morgan fingerprint density at radius 3 is 2.20 bits per heavy atom. The van der Waals surface area contributed by atoms with E-state index in [0.29, 0.717) is 6.54 Å². The number of thioether (sulfide) groups is 1. The molecule has 0 bridgehead atoms. The zero-order chi connectivity index (χ0) is 11.8. The predicted molar refractivity (Wildman–Crippen MR) is 72.6 cm³/mol. The lowest BCUT2D eigenvalue weighted by molar-refractivity contribution is 0.947. The molecule has 1 nitrogen and oxygen atoms in total. The average Bonchev–Trinajstić information content (AvgIpc) is 2.10. The topological polar surface area (TPSA) is 12.0 Å². The van der Waals surface area contributed by atoms with Gasteiger partial charge < -0.3 is 5.32 Å². The zero-order valence-electron chi connectivity index (χ0n) is 9.60. The van der Waals surface area contributed by atoms with Crippen LogP contribution < -0.4 is 5.32 Å². The maximum atomic E-state index is 3.91. The Morgan fingerprint density at radius 2 is 1.73 bits per heavy atom. The number of allylic oxidation sites excluding steroid dienone is 3. The summed E-state index contributed by atoms with van der Waals surface area (Å²) >= 11 is 1.54. The molecule has 0 atom stereocenters. The van der Waals surface area contributed by atoms with Gasteiger partial charge in [0.2, 0.25) is 0 Å². The van der Waals surface area contributed by atoms with Gasteiger partial charge in [-0.05, 0) is 24.3 Å². The molecule has 0 heterocycles. The molecular formula is C13H19NS. The molecule has 0 spiro atoms. The van der Waals surface area contributed by atoms with Crippen molar-refractivity contribution in [1.82, 2.24) is 5.32 Å². The fraction of sp³-hybridized carbons (Fsp3) is 0.231. The molecule has 1 N–H and O–H groups in total. The lowest BCUT2D eigenvalue weighted by Gasteiger charge is -2.08. The summed E-state index contributed by atoms with van der Waals surface area (Å²) in [5.74, 6) is 0. The monoisotopic (exact) mass is 221 g/mol. The van der Waals surface area contributed by atoms with Crippen molar-refractivity contribution in [3.63, 3.8) is 0 Å². The summed E-state index contributed by atoms with van der Waals surface area (Å²) in [6, 6.07) is 0. The van der Waals surface area contributed by atoms with Gasteiger partial charge in [0, 0.05) is 6.54 Å². The maximum Gasteiger partial charge on any atom is 0.0655 e. The Morgan fingerprint density at radius 1 is 1.13 bits per heavy atom. The molecule has 0 aliphatic rings. The van der Waals surface area contributed by atoms with E-state index in [0.717, 1.165) is 21.1 Å². The molecule has 0 unspecified atom stereocenters. The van der Waals surface area contributed by atoms with E-state index in [9.17, 15) is 0 Å². The fourth-order valence-corrected chi connectivity index (χ4v) is 1.34. The highest BCUT2D eigenvalue weighted by molar-refractivity contribution is 8.06. The van der Waals surface area contributed by atoms with Crippen molar-refractivity contribution in [3.8, 4) is 0 Å². The quantitative estimate of drug-likeness (QED) is 0.652. The number of hydrogen-bond acceptors (Lipinski definition) is 2. The molecule has 0 aliphatic heterocycles.